The highest BCUT2D eigenvalue weighted by Crippen LogP contribution is 2.19. The van der Waals surface area contributed by atoms with Crippen molar-refractivity contribution in [2.24, 2.45) is 11.8 Å². The van der Waals surface area contributed by atoms with E-state index in [4.69, 9.17) is 9.84 Å². The van der Waals surface area contributed by atoms with E-state index in [0.717, 1.165) is 6.42 Å². The minimum atomic E-state index is -1.36. The first kappa shape index (κ1) is 16.9. The summed E-state index contributed by atoms with van der Waals surface area (Å²) in [6, 6.07) is 0. The Morgan fingerprint density at radius 2 is 1.94 bits per heavy atom. The van der Waals surface area contributed by atoms with Crippen LogP contribution in [0.3, 0.4) is 0 Å². The van der Waals surface area contributed by atoms with Gasteiger partial charge in [0.1, 0.15) is 0 Å². The molecular weight excluding hydrogens is 234 g/mol. The number of carbonyl (C=O) groups is 2. The molecule has 0 aliphatic carbocycles. The van der Waals surface area contributed by atoms with E-state index >= 15 is 0 Å². The molecule has 0 heterocycles. The molecule has 1 amide bonds. The number of amides is 1. The minimum Gasteiger partial charge on any atom is -0.479 e. The lowest BCUT2D eigenvalue weighted by atomic mass is 9.89. The van der Waals surface area contributed by atoms with Gasteiger partial charge in [0.05, 0.1) is 6.61 Å². The van der Waals surface area contributed by atoms with E-state index in [1.54, 1.807) is 0 Å². The molecular formula is C13H25NO4. The van der Waals surface area contributed by atoms with Crippen molar-refractivity contribution >= 4 is 11.9 Å². The maximum Gasteiger partial charge on any atom is 0.331 e. The highest BCUT2D eigenvalue weighted by atomic mass is 16.5. The molecule has 0 aliphatic heterocycles. The molecule has 2 unspecified atom stereocenters. The van der Waals surface area contributed by atoms with E-state index in [1.165, 1.54) is 14.0 Å². The lowest BCUT2D eigenvalue weighted by Crippen LogP contribution is -2.55. The third kappa shape index (κ3) is 5.04. The lowest BCUT2D eigenvalue weighted by Gasteiger charge is -2.27. The van der Waals surface area contributed by atoms with Crippen LogP contribution in [0, 0.1) is 11.8 Å². The van der Waals surface area contributed by atoms with Crippen molar-refractivity contribution in [2.75, 3.05) is 13.7 Å². The van der Waals surface area contributed by atoms with Crippen LogP contribution in [0.4, 0.5) is 0 Å². The number of hydrogen-bond donors (Lipinski definition) is 2. The van der Waals surface area contributed by atoms with Gasteiger partial charge in [0.25, 0.3) is 0 Å². The first-order chi connectivity index (χ1) is 8.26. The van der Waals surface area contributed by atoms with Gasteiger partial charge in [-0.25, -0.2) is 4.79 Å². The van der Waals surface area contributed by atoms with Crippen LogP contribution in [0.15, 0.2) is 0 Å². The van der Waals surface area contributed by atoms with Gasteiger partial charge in [-0.15, -0.1) is 0 Å². The lowest BCUT2D eigenvalue weighted by molar-refractivity contribution is -0.149. The molecule has 2 N–H and O–H groups in total. The first-order valence-corrected chi connectivity index (χ1v) is 6.30. The van der Waals surface area contributed by atoms with Gasteiger partial charge < -0.3 is 15.2 Å². The Balaban J connectivity index is 4.57. The summed E-state index contributed by atoms with van der Waals surface area (Å²) in [5, 5.41) is 11.7. The molecule has 106 valence electrons. The van der Waals surface area contributed by atoms with Gasteiger partial charge in [-0.3, -0.25) is 4.79 Å². The molecule has 0 saturated heterocycles. The van der Waals surface area contributed by atoms with Gasteiger partial charge in [0, 0.05) is 13.5 Å². The smallest absolute Gasteiger partial charge is 0.331 e. The maximum absolute atomic E-state index is 11.9. The number of hydrogen-bond acceptors (Lipinski definition) is 3. The van der Waals surface area contributed by atoms with Gasteiger partial charge in [-0.05, 0) is 18.8 Å². The van der Waals surface area contributed by atoms with Crippen LogP contribution in [0.25, 0.3) is 0 Å². The van der Waals surface area contributed by atoms with Crippen molar-refractivity contribution < 1.29 is 19.4 Å². The van der Waals surface area contributed by atoms with Crippen LogP contribution in [0.1, 0.15) is 40.5 Å². The second-order valence-corrected chi connectivity index (χ2v) is 5.23. The third-order valence-electron chi connectivity index (χ3n) is 3.24. The molecule has 2 atom stereocenters. The van der Waals surface area contributed by atoms with Crippen molar-refractivity contribution in [2.45, 2.75) is 46.1 Å². The fourth-order valence-electron chi connectivity index (χ4n) is 1.89. The number of rotatable bonds is 8. The zero-order valence-electron chi connectivity index (χ0n) is 11.9. The molecule has 5 heteroatoms. The van der Waals surface area contributed by atoms with Crippen LogP contribution in [0.5, 0.6) is 0 Å². The predicted octanol–water partition coefficient (Wildman–Crippen LogP) is 1.66. The van der Waals surface area contributed by atoms with Crippen molar-refractivity contribution in [1.82, 2.24) is 5.32 Å². The zero-order valence-corrected chi connectivity index (χ0v) is 11.9. The Labute approximate surface area is 109 Å². The number of carboxylic acids is 1. The molecule has 0 radical (unpaired) electrons. The quantitative estimate of drug-likeness (QED) is 0.695. The summed E-state index contributed by atoms with van der Waals surface area (Å²) in [7, 11) is 1.41. The van der Waals surface area contributed by atoms with Crippen molar-refractivity contribution in [3.63, 3.8) is 0 Å². The number of carbonyl (C=O) groups excluding carboxylic acids is 1. The van der Waals surface area contributed by atoms with E-state index in [-0.39, 0.29) is 18.4 Å². The summed E-state index contributed by atoms with van der Waals surface area (Å²) in [6.45, 7) is 7.56. The topological polar surface area (TPSA) is 75.6 Å². The molecule has 0 aromatic rings. The molecule has 18 heavy (non-hydrogen) atoms. The van der Waals surface area contributed by atoms with Crippen LogP contribution in [-0.2, 0) is 14.3 Å². The Morgan fingerprint density at radius 1 is 1.39 bits per heavy atom. The van der Waals surface area contributed by atoms with Gasteiger partial charge >= 0.3 is 5.97 Å². The average molecular weight is 259 g/mol. The highest BCUT2D eigenvalue weighted by molar-refractivity contribution is 5.86. The number of aliphatic carboxylic acids is 1. The summed E-state index contributed by atoms with van der Waals surface area (Å²) < 4.78 is 4.85. The summed E-state index contributed by atoms with van der Waals surface area (Å²) in [5.74, 6) is -0.655. The normalized spacial score (nSPS) is 16.1. The summed E-state index contributed by atoms with van der Waals surface area (Å²) in [4.78, 5) is 23.0. The minimum absolute atomic E-state index is 0.0491. The Kier molecular flexibility index (Phi) is 6.91. The number of nitrogens with one attached hydrogen (secondary N) is 1. The summed E-state index contributed by atoms with van der Waals surface area (Å²) in [5.41, 5.74) is -1.36. The fraction of sp³-hybridized carbons (Fsp3) is 0.846. The Bertz CT molecular complexity index is 291. The van der Waals surface area contributed by atoms with Crippen LogP contribution < -0.4 is 5.32 Å². The van der Waals surface area contributed by atoms with E-state index in [1.807, 2.05) is 6.92 Å². The number of methoxy groups -OCH3 is 1. The first-order valence-electron chi connectivity index (χ1n) is 6.30. The second kappa shape index (κ2) is 7.36. The summed E-state index contributed by atoms with van der Waals surface area (Å²) in [6.07, 6.45) is 1.25. The molecule has 0 aromatic carbocycles. The average Bonchev–Trinajstić information content (AvgIpc) is 2.25. The van der Waals surface area contributed by atoms with Gasteiger partial charge in [-0.1, -0.05) is 27.2 Å². The molecule has 5 nitrogen and oxygen atoms in total. The van der Waals surface area contributed by atoms with E-state index in [9.17, 15) is 9.59 Å². The van der Waals surface area contributed by atoms with Gasteiger partial charge in [0.15, 0.2) is 5.54 Å². The second-order valence-electron chi connectivity index (χ2n) is 5.23. The van der Waals surface area contributed by atoms with E-state index < -0.39 is 11.5 Å². The number of carboxylic acid groups (broad SMARTS) is 1. The molecule has 0 saturated carbocycles. The van der Waals surface area contributed by atoms with Crippen LogP contribution in [-0.4, -0.2) is 36.2 Å². The highest BCUT2D eigenvalue weighted by Gasteiger charge is 2.35. The molecule has 0 aliphatic rings. The maximum atomic E-state index is 11.9. The predicted molar refractivity (Wildman–Crippen MR) is 69.3 cm³/mol. The molecule has 0 rings (SSSR count). The molecule has 0 fully saturated rings. The molecule has 0 bridgehead atoms. The zero-order chi connectivity index (χ0) is 14.3. The number of ether oxygens (including phenoxy) is 1. The van der Waals surface area contributed by atoms with Crippen molar-refractivity contribution in [1.29, 1.82) is 0 Å². The van der Waals surface area contributed by atoms with Crippen LogP contribution in [0.2, 0.25) is 0 Å². The Hall–Kier alpha value is -1.10. The van der Waals surface area contributed by atoms with Crippen molar-refractivity contribution in [3.8, 4) is 0 Å². The largest absolute Gasteiger partial charge is 0.479 e. The van der Waals surface area contributed by atoms with Crippen molar-refractivity contribution in [3.05, 3.63) is 0 Å². The Morgan fingerprint density at radius 3 is 2.28 bits per heavy atom. The SMILES string of the molecule is CCC(CC(=O)NC(C)(COC)C(=O)O)C(C)C. The van der Waals surface area contributed by atoms with E-state index in [0.29, 0.717) is 12.3 Å². The van der Waals surface area contributed by atoms with Crippen LogP contribution >= 0.6 is 0 Å². The molecule has 0 spiro atoms. The standard InChI is InChI=1S/C13H25NO4/c1-6-10(9(2)3)7-11(15)14-13(4,8-18-5)12(16)17/h9-10H,6-8H2,1-5H3,(H,14,15)(H,16,17). The third-order valence-corrected chi connectivity index (χ3v) is 3.24. The van der Waals surface area contributed by atoms with E-state index in [2.05, 4.69) is 19.2 Å². The fourth-order valence-corrected chi connectivity index (χ4v) is 1.89. The van der Waals surface area contributed by atoms with Gasteiger partial charge in [-0.2, -0.15) is 0 Å². The molecule has 0 aromatic heterocycles. The summed E-state index contributed by atoms with van der Waals surface area (Å²) >= 11 is 0. The van der Waals surface area contributed by atoms with Gasteiger partial charge in [0.2, 0.25) is 5.91 Å². The monoisotopic (exact) mass is 259 g/mol.